The Hall–Kier alpha value is -1.53. The van der Waals surface area contributed by atoms with E-state index in [-0.39, 0.29) is 0 Å². The molecule has 0 radical (unpaired) electrons. The lowest BCUT2D eigenvalue weighted by Gasteiger charge is -2.11. The molecule has 0 bridgehead atoms. The van der Waals surface area contributed by atoms with Crippen LogP contribution in [0.3, 0.4) is 0 Å². The topological polar surface area (TPSA) is 45.7 Å². The summed E-state index contributed by atoms with van der Waals surface area (Å²) in [5.41, 5.74) is 1.13. The standard InChI is InChI=1S/C16H20BrN3OS/c1-3-18-16(20-11-13-5-4-8-22-13)19-10-12-6-7-15(21-2)14(17)9-12/h4-9H,3,10-11H2,1-2H3,(H2,18,19,20). The Kier molecular flexibility index (Phi) is 6.74. The van der Waals surface area contributed by atoms with Crippen LogP contribution < -0.4 is 15.4 Å². The predicted octanol–water partition coefficient (Wildman–Crippen LogP) is 3.77. The maximum atomic E-state index is 5.24. The van der Waals surface area contributed by atoms with E-state index in [0.29, 0.717) is 6.54 Å². The van der Waals surface area contributed by atoms with E-state index in [2.05, 4.69) is 56.0 Å². The molecule has 0 saturated carbocycles. The summed E-state index contributed by atoms with van der Waals surface area (Å²) in [6, 6.07) is 10.2. The number of guanidine groups is 1. The third-order valence-corrected chi connectivity index (χ3v) is 4.49. The van der Waals surface area contributed by atoms with Gasteiger partial charge in [0.25, 0.3) is 0 Å². The van der Waals surface area contributed by atoms with E-state index < -0.39 is 0 Å². The number of benzene rings is 1. The summed E-state index contributed by atoms with van der Waals surface area (Å²) < 4.78 is 6.18. The van der Waals surface area contributed by atoms with Gasteiger partial charge in [-0.2, -0.15) is 0 Å². The first-order valence-corrected chi connectivity index (χ1v) is 8.77. The largest absolute Gasteiger partial charge is 0.496 e. The van der Waals surface area contributed by atoms with Gasteiger partial charge in [0, 0.05) is 11.4 Å². The average molecular weight is 382 g/mol. The number of methoxy groups -OCH3 is 1. The SMILES string of the molecule is CCNC(=NCc1ccc(OC)c(Br)c1)NCc1cccs1. The van der Waals surface area contributed by atoms with Crippen LogP contribution in [0.5, 0.6) is 5.75 Å². The Labute approximate surface area is 143 Å². The molecular formula is C16H20BrN3OS. The van der Waals surface area contributed by atoms with Crippen molar-refractivity contribution in [1.82, 2.24) is 10.6 Å². The highest BCUT2D eigenvalue weighted by Gasteiger charge is 2.02. The van der Waals surface area contributed by atoms with Crippen molar-refractivity contribution in [2.45, 2.75) is 20.0 Å². The van der Waals surface area contributed by atoms with Gasteiger partial charge < -0.3 is 15.4 Å². The van der Waals surface area contributed by atoms with Crippen molar-refractivity contribution in [1.29, 1.82) is 0 Å². The minimum atomic E-state index is 0.613. The van der Waals surface area contributed by atoms with E-state index in [9.17, 15) is 0 Å². The van der Waals surface area contributed by atoms with E-state index in [1.54, 1.807) is 18.4 Å². The van der Waals surface area contributed by atoms with Gasteiger partial charge >= 0.3 is 0 Å². The Morgan fingerprint density at radius 2 is 2.18 bits per heavy atom. The highest BCUT2D eigenvalue weighted by molar-refractivity contribution is 9.10. The molecule has 0 atom stereocenters. The van der Waals surface area contributed by atoms with Crippen molar-refractivity contribution in [2.24, 2.45) is 4.99 Å². The summed E-state index contributed by atoms with van der Waals surface area (Å²) in [7, 11) is 1.66. The maximum Gasteiger partial charge on any atom is 0.191 e. The van der Waals surface area contributed by atoms with E-state index in [1.165, 1.54) is 4.88 Å². The Morgan fingerprint density at radius 3 is 2.82 bits per heavy atom. The van der Waals surface area contributed by atoms with Crippen LogP contribution in [0.4, 0.5) is 0 Å². The zero-order chi connectivity index (χ0) is 15.8. The van der Waals surface area contributed by atoms with Crippen molar-refractivity contribution < 1.29 is 4.74 Å². The number of hydrogen-bond acceptors (Lipinski definition) is 3. The number of nitrogens with zero attached hydrogens (tertiary/aromatic N) is 1. The Morgan fingerprint density at radius 1 is 1.32 bits per heavy atom. The van der Waals surface area contributed by atoms with Gasteiger partial charge in [-0.3, -0.25) is 0 Å². The van der Waals surface area contributed by atoms with Gasteiger partial charge in [-0.25, -0.2) is 4.99 Å². The quantitative estimate of drug-likeness (QED) is 0.591. The van der Waals surface area contributed by atoms with Gasteiger partial charge in [0.1, 0.15) is 5.75 Å². The predicted molar refractivity (Wildman–Crippen MR) is 96.7 cm³/mol. The van der Waals surface area contributed by atoms with Crippen LogP contribution >= 0.6 is 27.3 Å². The number of thiophene rings is 1. The zero-order valence-corrected chi connectivity index (χ0v) is 15.1. The van der Waals surface area contributed by atoms with Crippen LogP contribution in [-0.2, 0) is 13.1 Å². The second-order valence-corrected chi connectivity index (χ2v) is 6.48. The summed E-state index contributed by atoms with van der Waals surface area (Å²) in [4.78, 5) is 5.91. The third-order valence-electron chi connectivity index (χ3n) is 2.99. The molecule has 4 nitrogen and oxygen atoms in total. The van der Waals surface area contributed by atoms with Crippen molar-refractivity contribution >= 4 is 33.2 Å². The molecule has 0 spiro atoms. The summed E-state index contributed by atoms with van der Waals surface area (Å²) in [5, 5.41) is 8.68. The zero-order valence-electron chi connectivity index (χ0n) is 12.7. The molecule has 22 heavy (non-hydrogen) atoms. The van der Waals surface area contributed by atoms with Crippen LogP contribution in [0, 0.1) is 0 Å². The van der Waals surface area contributed by atoms with Crippen LogP contribution in [0.25, 0.3) is 0 Å². The first-order valence-electron chi connectivity index (χ1n) is 7.10. The summed E-state index contributed by atoms with van der Waals surface area (Å²) >= 11 is 5.24. The van der Waals surface area contributed by atoms with Crippen molar-refractivity contribution in [3.8, 4) is 5.75 Å². The molecule has 0 unspecified atom stereocenters. The van der Waals surface area contributed by atoms with E-state index in [0.717, 1.165) is 34.8 Å². The summed E-state index contributed by atoms with van der Waals surface area (Å²) in [5.74, 6) is 1.65. The molecule has 0 saturated heterocycles. The van der Waals surface area contributed by atoms with E-state index in [1.807, 2.05) is 18.2 Å². The maximum absolute atomic E-state index is 5.24. The number of ether oxygens (including phenoxy) is 1. The van der Waals surface area contributed by atoms with Crippen molar-refractivity contribution in [2.75, 3.05) is 13.7 Å². The fourth-order valence-electron chi connectivity index (χ4n) is 1.90. The first kappa shape index (κ1) is 16.8. The molecule has 2 rings (SSSR count). The highest BCUT2D eigenvalue weighted by atomic mass is 79.9. The van der Waals surface area contributed by atoms with Crippen LogP contribution in [0.15, 0.2) is 45.2 Å². The molecule has 0 aliphatic heterocycles. The molecule has 118 valence electrons. The molecule has 2 aromatic rings. The molecule has 6 heteroatoms. The summed E-state index contributed by atoms with van der Waals surface area (Å²) in [6.45, 7) is 4.30. The molecule has 1 aromatic heterocycles. The van der Waals surface area contributed by atoms with E-state index in [4.69, 9.17) is 4.74 Å². The summed E-state index contributed by atoms with van der Waals surface area (Å²) in [6.07, 6.45) is 0. The third kappa shape index (κ3) is 5.03. The molecule has 0 fully saturated rings. The van der Waals surface area contributed by atoms with Crippen molar-refractivity contribution in [3.63, 3.8) is 0 Å². The lowest BCUT2D eigenvalue weighted by Crippen LogP contribution is -2.36. The van der Waals surface area contributed by atoms with Crippen molar-refractivity contribution in [3.05, 3.63) is 50.6 Å². The Balaban J connectivity index is 1.98. The van der Waals surface area contributed by atoms with Gasteiger partial charge in [0.15, 0.2) is 5.96 Å². The normalized spacial score (nSPS) is 11.3. The molecule has 1 aromatic carbocycles. The van der Waals surface area contributed by atoms with Gasteiger partial charge in [-0.1, -0.05) is 12.1 Å². The molecule has 2 N–H and O–H groups in total. The fourth-order valence-corrected chi connectivity index (χ4v) is 3.14. The second kappa shape index (κ2) is 8.80. The Bertz CT molecular complexity index is 614. The lowest BCUT2D eigenvalue weighted by molar-refractivity contribution is 0.412. The number of rotatable bonds is 6. The molecular weight excluding hydrogens is 362 g/mol. The smallest absolute Gasteiger partial charge is 0.191 e. The number of nitrogens with one attached hydrogen (secondary N) is 2. The molecule has 1 heterocycles. The lowest BCUT2D eigenvalue weighted by atomic mass is 10.2. The number of halogens is 1. The molecule has 0 amide bonds. The van der Waals surface area contributed by atoms with Crippen LogP contribution in [0.1, 0.15) is 17.4 Å². The second-order valence-electron chi connectivity index (χ2n) is 4.60. The van der Waals surface area contributed by atoms with Crippen LogP contribution in [-0.4, -0.2) is 19.6 Å². The van der Waals surface area contributed by atoms with E-state index >= 15 is 0 Å². The average Bonchev–Trinajstić information content (AvgIpc) is 3.03. The molecule has 0 aliphatic rings. The number of hydrogen-bond donors (Lipinski definition) is 2. The fraction of sp³-hybridized carbons (Fsp3) is 0.312. The molecule has 0 aliphatic carbocycles. The van der Waals surface area contributed by atoms with Gasteiger partial charge in [0.2, 0.25) is 0 Å². The van der Waals surface area contributed by atoms with Crippen LogP contribution in [0.2, 0.25) is 0 Å². The monoisotopic (exact) mass is 381 g/mol. The van der Waals surface area contributed by atoms with Gasteiger partial charge in [0.05, 0.1) is 24.7 Å². The highest BCUT2D eigenvalue weighted by Crippen LogP contribution is 2.25. The van der Waals surface area contributed by atoms with Gasteiger partial charge in [-0.05, 0) is 52.0 Å². The minimum absolute atomic E-state index is 0.613. The first-order chi connectivity index (χ1) is 10.7. The van der Waals surface area contributed by atoms with Gasteiger partial charge in [-0.15, -0.1) is 11.3 Å². The number of aliphatic imine (C=N–C) groups is 1. The minimum Gasteiger partial charge on any atom is -0.496 e.